The number of rotatable bonds is 3. The summed E-state index contributed by atoms with van der Waals surface area (Å²) in [4.78, 5) is 2.39. The number of anilines is 1. The van der Waals surface area contributed by atoms with E-state index in [0.29, 0.717) is 12.1 Å². The topological polar surface area (TPSA) is 24.5 Å². The van der Waals surface area contributed by atoms with Gasteiger partial charge in [0.15, 0.2) is 0 Å². The number of benzene rings is 1. The van der Waals surface area contributed by atoms with E-state index in [4.69, 9.17) is 16.3 Å². The molecule has 4 heteroatoms. The van der Waals surface area contributed by atoms with Gasteiger partial charge in [-0.3, -0.25) is 0 Å². The summed E-state index contributed by atoms with van der Waals surface area (Å²) < 4.78 is 5.30. The molecule has 1 aromatic carbocycles. The van der Waals surface area contributed by atoms with Crippen LogP contribution in [0.3, 0.4) is 0 Å². The zero-order chi connectivity index (χ0) is 13.1. The van der Waals surface area contributed by atoms with E-state index in [1.54, 1.807) is 7.11 Å². The van der Waals surface area contributed by atoms with E-state index in [0.717, 1.165) is 36.0 Å². The molecule has 2 atom stereocenters. The maximum Gasteiger partial charge on any atom is 0.121 e. The van der Waals surface area contributed by atoms with E-state index in [1.165, 1.54) is 0 Å². The van der Waals surface area contributed by atoms with E-state index in [2.05, 4.69) is 24.1 Å². The van der Waals surface area contributed by atoms with Gasteiger partial charge < -0.3 is 15.0 Å². The van der Waals surface area contributed by atoms with Crippen molar-refractivity contribution < 1.29 is 4.74 Å². The third kappa shape index (κ3) is 2.73. The largest absolute Gasteiger partial charge is 0.497 e. The van der Waals surface area contributed by atoms with Crippen molar-refractivity contribution in [2.75, 3.05) is 25.1 Å². The van der Waals surface area contributed by atoms with E-state index in [9.17, 15) is 0 Å². The number of nitrogens with one attached hydrogen (secondary N) is 1. The van der Waals surface area contributed by atoms with Gasteiger partial charge in [-0.25, -0.2) is 0 Å². The van der Waals surface area contributed by atoms with Crippen LogP contribution in [0, 0.1) is 0 Å². The molecule has 1 aromatic rings. The first-order valence-electron chi connectivity index (χ1n) is 6.49. The number of halogens is 1. The lowest BCUT2D eigenvalue weighted by Crippen LogP contribution is -2.55. The van der Waals surface area contributed by atoms with Gasteiger partial charge in [0.2, 0.25) is 0 Å². The Kier molecular flexibility index (Phi) is 4.36. The molecule has 0 aliphatic carbocycles. The Morgan fingerprint density at radius 3 is 2.94 bits per heavy atom. The van der Waals surface area contributed by atoms with Crippen LogP contribution in [-0.2, 0) is 0 Å². The van der Waals surface area contributed by atoms with E-state index >= 15 is 0 Å². The number of hydrogen-bond donors (Lipinski definition) is 1. The van der Waals surface area contributed by atoms with Crippen molar-refractivity contribution in [3.8, 4) is 5.75 Å². The summed E-state index contributed by atoms with van der Waals surface area (Å²) >= 11 is 6.34. The Morgan fingerprint density at radius 1 is 1.50 bits per heavy atom. The highest BCUT2D eigenvalue weighted by atomic mass is 35.5. The smallest absolute Gasteiger partial charge is 0.121 e. The van der Waals surface area contributed by atoms with Crippen molar-refractivity contribution in [2.24, 2.45) is 0 Å². The van der Waals surface area contributed by atoms with Crippen molar-refractivity contribution in [3.05, 3.63) is 23.2 Å². The molecule has 0 bridgehead atoms. The molecule has 0 radical (unpaired) electrons. The van der Waals surface area contributed by atoms with Gasteiger partial charge in [-0.15, -0.1) is 0 Å². The average Bonchev–Trinajstić information content (AvgIpc) is 2.39. The van der Waals surface area contributed by atoms with Gasteiger partial charge >= 0.3 is 0 Å². The van der Waals surface area contributed by atoms with Gasteiger partial charge in [-0.1, -0.05) is 18.5 Å². The van der Waals surface area contributed by atoms with Gasteiger partial charge in [-0.05, 0) is 25.5 Å². The lowest BCUT2D eigenvalue weighted by Gasteiger charge is -2.41. The highest BCUT2D eigenvalue weighted by Crippen LogP contribution is 2.32. The summed E-state index contributed by atoms with van der Waals surface area (Å²) in [6.45, 7) is 6.40. The monoisotopic (exact) mass is 268 g/mol. The second kappa shape index (κ2) is 5.81. The number of ether oxygens (including phenoxy) is 1. The summed E-state index contributed by atoms with van der Waals surface area (Å²) in [5, 5.41) is 4.31. The molecule has 1 aliphatic heterocycles. The van der Waals surface area contributed by atoms with Gasteiger partial charge in [-0.2, -0.15) is 0 Å². The quantitative estimate of drug-likeness (QED) is 0.912. The molecular formula is C14H21ClN2O. The van der Waals surface area contributed by atoms with Crippen LogP contribution in [0.15, 0.2) is 18.2 Å². The molecule has 1 heterocycles. The second-order valence-corrected chi connectivity index (χ2v) is 5.25. The lowest BCUT2D eigenvalue weighted by molar-refractivity contribution is 0.399. The Bertz CT molecular complexity index is 411. The molecule has 1 aliphatic rings. The SMILES string of the molecule is CCC1CNC(C)CN1c1cc(OC)ccc1Cl. The maximum atomic E-state index is 6.34. The Hall–Kier alpha value is -0.930. The molecule has 0 spiro atoms. The highest BCUT2D eigenvalue weighted by molar-refractivity contribution is 6.33. The third-order valence-corrected chi connectivity index (χ3v) is 3.87. The fraction of sp³-hybridized carbons (Fsp3) is 0.571. The molecule has 1 N–H and O–H groups in total. The summed E-state index contributed by atoms with van der Waals surface area (Å²) in [7, 11) is 1.69. The number of nitrogens with zero attached hydrogens (tertiary/aromatic N) is 1. The minimum Gasteiger partial charge on any atom is -0.497 e. The number of piperazine rings is 1. The Balaban J connectivity index is 2.32. The second-order valence-electron chi connectivity index (χ2n) is 4.84. The van der Waals surface area contributed by atoms with Crippen molar-refractivity contribution in [1.82, 2.24) is 5.32 Å². The average molecular weight is 269 g/mol. The third-order valence-electron chi connectivity index (χ3n) is 3.55. The van der Waals surface area contributed by atoms with Crippen molar-refractivity contribution >= 4 is 17.3 Å². The summed E-state index contributed by atoms with van der Waals surface area (Å²) in [5.41, 5.74) is 1.08. The Labute approximate surface area is 114 Å². The molecule has 2 rings (SSSR count). The van der Waals surface area contributed by atoms with Crippen LogP contribution in [-0.4, -0.2) is 32.3 Å². The summed E-state index contributed by atoms with van der Waals surface area (Å²) in [6.07, 6.45) is 1.10. The summed E-state index contributed by atoms with van der Waals surface area (Å²) in [5.74, 6) is 0.857. The van der Waals surface area contributed by atoms with Crippen LogP contribution >= 0.6 is 11.6 Å². The maximum absolute atomic E-state index is 6.34. The minimum atomic E-state index is 0.482. The first-order valence-corrected chi connectivity index (χ1v) is 6.87. The lowest BCUT2D eigenvalue weighted by atomic mass is 10.1. The molecule has 1 fully saturated rings. The van der Waals surface area contributed by atoms with E-state index < -0.39 is 0 Å². The van der Waals surface area contributed by atoms with Crippen LogP contribution in [0.25, 0.3) is 0 Å². The van der Waals surface area contributed by atoms with Gasteiger partial charge in [0, 0.05) is 31.2 Å². The van der Waals surface area contributed by atoms with E-state index in [-0.39, 0.29) is 0 Å². The fourth-order valence-electron chi connectivity index (χ4n) is 2.46. The van der Waals surface area contributed by atoms with Crippen LogP contribution < -0.4 is 15.0 Å². The van der Waals surface area contributed by atoms with Crippen molar-refractivity contribution in [3.63, 3.8) is 0 Å². The zero-order valence-corrected chi connectivity index (χ0v) is 12.0. The van der Waals surface area contributed by atoms with Crippen molar-refractivity contribution in [2.45, 2.75) is 32.4 Å². The van der Waals surface area contributed by atoms with Crippen LogP contribution in [0.4, 0.5) is 5.69 Å². The number of hydrogen-bond acceptors (Lipinski definition) is 3. The zero-order valence-electron chi connectivity index (χ0n) is 11.2. The predicted octanol–water partition coefficient (Wildman–Crippen LogP) is 2.93. The van der Waals surface area contributed by atoms with Crippen LogP contribution in [0.1, 0.15) is 20.3 Å². The first kappa shape index (κ1) is 13.5. The number of methoxy groups -OCH3 is 1. The molecule has 3 nitrogen and oxygen atoms in total. The van der Waals surface area contributed by atoms with E-state index in [1.807, 2.05) is 18.2 Å². The van der Waals surface area contributed by atoms with Gasteiger partial charge in [0.05, 0.1) is 17.8 Å². The fourth-order valence-corrected chi connectivity index (χ4v) is 2.68. The molecule has 0 aromatic heterocycles. The minimum absolute atomic E-state index is 0.482. The van der Waals surface area contributed by atoms with Gasteiger partial charge in [0.1, 0.15) is 5.75 Å². The standard InChI is InChI=1S/C14H21ClN2O/c1-4-11-8-16-10(2)9-17(11)14-7-12(18-3)5-6-13(14)15/h5-7,10-11,16H,4,8-9H2,1-3H3. The molecule has 0 amide bonds. The summed E-state index contributed by atoms with van der Waals surface area (Å²) in [6, 6.07) is 6.82. The predicted molar refractivity (Wildman–Crippen MR) is 76.9 cm³/mol. The first-order chi connectivity index (χ1) is 8.65. The highest BCUT2D eigenvalue weighted by Gasteiger charge is 2.26. The van der Waals surface area contributed by atoms with Crippen LogP contribution in [0.2, 0.25) is 5.02 Å². The van der Waals surface area contributed by atoms with Crippen molar-refractivity contribution in [1.29, 1.82) is 0 Å². The molecule has 0 saturated carbocycles. The molecule has 100 valence electrons. The molecule has 1 saturated heterocycles. The molecule has 18 heavy (non-hydrogen) atoms. The molecule has 2 unspecified atom stereocenters. The van der Waals surface area contributed by atoms with Crippen LogP contribution in [0.5, 0.6) is 5.75 Å². The molecular weight excluding hydrogens is 248 g/mol. The van der Waals surface area contributed by atoms with Gasteiger partial charge in [0.25, 0.3) is 0 Å². The Morgan fingerprint density at radius 2 is 2.28 bits per heavy atom. The normalized spacial score (nSPS) is 24.1.